The third kappa shape index (κ3) is 5.33. The average molecular weight is 367 g/mol. The molecule has 144 valence electrons. The minimum atomic E-state index is -0.285. The van der Waals surface area contributed by atoms with Gasteiger partial charge in [0.05, 0.1) is 5.41 Å². The number of piperidine rings is 1. The van der Waals surface area contributed by atoms with E-state index in [1.807, 2.05) is 37.3 Å². The summed E-state index contributed by atoms with van der Waals surface area (Å²) in [4.78, 5) is 14.8. The maximum absolute atomic E-state index is 12.4. The molecule has 1 N–H and O–H groups in total. The summed E-state index contributed by atoms with van der Waals surface area (Å²) in [7, 11) is 0. The Bertz CT molecular complexity index is 730. The zero-order chi connectivity index (χ0) is 19.1. The normalized spacial score (nSPS) is 20.2. The molecule has 2 aromatic carbocycles. The summed E-state index contributed by atoms with van der Waals surface area (Å²) in [6.07, 6.45) is 2.02. The van der Waals surface area contributed by atoms with Crippen LogP contribution >= 0.6 is 0 Å². The van der Waals surface area contributed by atoms with Gasteiger partial charge in [0, 0.05) is 19.6 Å². The fraction of sp³-hybridized carbons (Fsp3) is 0.435. The van der Waals surface area contributed by atoms with E-state index in [2.05, 4.69) is 41.4 Å². The molecule has 0 saturated carbocycles. The number of carbonyl (C=O) groups excluding carboxylic acids is 1. The van der Waals surface area contributed by atoms with Crippen LogP contribution in [0.25, 0.3) is 0 Å². The molecule has 27 heavy (non-hydrogen) atoms. The topological polar surface area (TPSA) is 41.6 Å². The van der Waals surface area contributed by atoms with Crippen molar-refractivity contribution < 1.29 is 9.53 Å². The van der Waals surface area contributed by atoms with Gasteiger partial charge < -0.3 is 10.1 Å². The van der Waals surface area contributed by atoms with Crippen LogP contribution in [0.3, 0.4) is 0 Å². The highest BCUT2D eigenvalue weighted by atomic mass is 16.5. The van der Waals surface area contributed by atoms with Crippen LogP contribution in [0.4, 0.5) is 0 Å². The van der Waals surface area contributed by atoms with Crippen molar-refractivity contribution in [2.75, 3.05) is 19.6 Å². The predicted molar refractivity (Wildman–Crippen MR) is 109 cm³/mol. The second kappa shape index (κ2) is 9.05. The molecule has 1 amide bonds. The van der Waals surface area contributed by atoms with E-state index in [0.717, 1.165) is 38.2 Å². The molecule has 1 atom stereocenters. The van der Waals surface area contributed by atoms with Crippen LogP contribution in [0.5, 0.6) is 5.75 Å². The second-order valence-electron chi connectivity index (χ2n) is 7.65. The molecule has 2 aromatic rings. The van der Waals surface area contributed by atoms with Crippen LogP contribution in [0.1, 0.15) is 37.8 Å². The van der Waals surface area contributed by atoms with Crippen molar-refractivity contribution in [2.45, 2.75) is 39.8 Å². The van der Waals surface area contributed by atoms with E-state index in [1.54, 1.807) is 0 Å². The monoisotopic (exact) mass is 366 g/mol. The maximum atomic E-state index is 12.4. The number of hydrogen-bond acceptors (Lipinski definition) is 3. The first kappa shape index (κ1) is 19.4. The predicted octanol–water partition coefficient (Wildman–Crippen LogP) is 4.00. The summed E-state index contributed by atoms with van der Waals surface area (Å²) in [5.41, 5.74) is 2.13. The van der Waals surface area contributed by atoms with E-state index in [4.69, 9.17) is 4.74 Å². The summed E-state index contributed by atoms with van der Waals surface area (Å²) in [5, 5.41) is 2.99. The Morgan fingerprint density at radius 2 is 1.85 bits per heavy atom. The molecule has 1 unspecified atom stereocenters. The molecule has 0 bridgehead atoms. The number of hydrogen-bond donors (Lipinski definition) is 1. The minimum Gasteiger partial charge on any atom is -0.489 e. The lowest BCUT2D eigenvalue weighted by molar-refractivity contribution is -0.133. The highest BCUT2D eigenvalue weighted by Gasteiger charge is 2.37. The van der Waals surface area contributed by atoms with Crippen LogP contribution in [-0.4, -0.2) is 30.4 Å². The van der Waals surface area contributed by atoms with E-state index < -0.39 is 0 Å². The molecule has 0 radical (unpaired) electrons. The highest BCUT2D eigenvalue weighted by molar-refractivity contribution is 5.82. The Hall–Kier alpha value is -2.33. The fourth-order valence-corrected chi connectivity index (χ4v) is 3.73. The molecule has 0 aromatic heterocycles. The molecule has 1 saturated heterocycles. The largest absolute Gasteiger partial charge is 0.489 e. The first-order valence-electron chi connectivity index (χ1n) is 9.85. The number of nitrogens with one attached hydrogen (secondary N) is 1. The molecular weight excluding hydrogens is 336 g/mol. The minimum absolute atomic E-state index is 0.180. The van der Waals surface area contributed by atoms with Gasteiger partial charge in [0.2, 0.25) is 5.91 Å². The molecule has 4 heteroatoms. The molecule has 1 aliphatic rings. The Balaban J connectivity index is 1.54. The standard InChI is InChI=1S/C23H30N2O2/c1-3-24-22(26)23(2)14-7-15-25(18-23)16-19-10-12-21(13-11-19)27-17-20-8-5-4-6-9-20/h4-6,8-13H,3,7,14-18H2,1-2H3,(H,24,26). The maximum Gasteiger partial charge on any atom is 0.227 e. The van der Waals surface area contributed by atoms with E-state index in [0.29, 0.717) is 13.2 Å². The Morgan fingerprint density at radius 1 is 1.11 bits per heavy atom. The lowest BCUT2D eigenvalue weighted by Crippen LogP contribution is -2.50. The van der Waals surface area contributed by atoms with Crippen molar-refractivity contribution in [2.24, 2.45) is 5.41 Å². The van der Waals surface area contributed by atoms with Gasteiger partial charge in [0.1, 0.15) is 12.4 Å². The lowest BCUT2D eigenvalue weighted by atomic mass is 9.81. The first-order valence-corrected chi connectivity index (χ1v) is 9.85. The Morgan fingerprint density at radius 3 is 2.56 bits per heavy atom. The van der Waals surface area contributed by atoms with Gasteiger partial charge in [-0.05, 0) is 56.5 Å². The lowest BCUT2D eigenvalue weighted by Gasteiger charge is -2.39. The molecule has 1 fully saturated rings. The van der Waals surface area contributed by atoms with Crippen LogP contribution < -0.4 is 10.1 Å². The smallest absolute Gasteiger partial charge is 0.227 e. The van der Waals surface area contributed by atoms with E-state index in [-0.39, 0.29) is 11.3 Å². The van der Waals surface area contributed by atoms with Crippen molar-refractivity contribution in [3.8, 4) is 5.75 Å². The molecule has 0 spiro atoms. The van der Waals surface area contributed by atoms with Gasteiger partial charge in [-0.1, -0.05) is 42.5 Å². The molecule has 1 aliphatic heterocycles. The SMILES string of the molecule is CCNC(=O)C1(C)CCCN(Cc2ccc(OCc3ccccc3)cc2)C1. The quantitative estimate of drug-likeness (QED) is 0.805. The number of nitrogens with zero attached hydrogens (tertiary/aromatic N) is 1. The molecule has 3 rings (SSSR count). The summed E-state index contributed by atoms with van der Waals surface area (Å²) in [5.74, 6) is 1.06. The number of likely N-dealkylation sites (tertiary alicyclic amines) is 1. The molecule has 0 aliphatic carbocycles. The van der Waals surface area contributed by atoms with Crippen LogP contribution in [0.15, 0.2) is 54.6 Å². The van der Waals surface area contributed by atoms with E-state index in [1.165, 1.54) is 11.1 Å². The number of ether oxygens (including phenoxy) is 1. The zero-order valence-corrected chi connectivity index (χ0v) is 16.4. The first-order chi connectivity index (χ1) is 13.1. The van der Waals surface area contributed by atoms with E-state index >= 15 is 0 Å². The van der Waals surface area contributed by atoms with Crippen LogP contribution in [0.2, 0.25) is 0 Å². The van der Waals surface area contributed by atoms with Gasteiger partial charge in [-0.2, -0.15) is 0 Å². The van der Waals surface area contributed by atoms with Gasteiger partial charge in [-0.15, -0.1) is 0 Å². The molecule has 1 heterocycles. The van der Waals surface area contributed by atoms with Gasteiger partial charge in [-0.3, -0.25) is 9.69 Å². The van der Waals surface area contributed by atoms with Gasteiger partial charge in [0.15, 0.2) is 0 Å². The van der Waals surface area contributed by atoms with Crippen LogP contribution in [0, 0.1) is 5.41 Å². The van der Waals surface area contributed by atoms with Crippen molar-refractivity contribution in [1.29, 1.82) is 0 Å². The Labute approximate surface area is 162 Å². The summed E-state index contributed by atoms with van der Waals surface area (Å²) < 4.78 is 5.86. The van der Waals surface area contributed by atoms with Crippen molar-refractivity contribution in [1.82, 2.24) is 10.2 Å². The highest BCUT2D eigenvalue weighted by Crippen LogP contribution is 2.30. The van der Waals surface area contributed by atoms with Crippen molar-refractivity contribution >= 4 is 5.91 Å². The zero-order valence-electron chi connectivity index (χ0n) is 16.4. The van der Waals surface area contributed by atoms with Gasteiger partial charge in [-0.25, -0.2) is 0 Å². The van der Waals surface area contributed by atoms with Crippen molar-refractivity contribution in [3.05, 3.63) is 65.7 Å². The van der Waals surface area contributed by atoms with Gasteiger partial charge in [0.25, 0.3) is 0 Å². The number of carbonyl (C=O) groups is 1. The van der Waals surface area contributed by atoms with Gasteiger partial charge >= 0.3 is 0 Å². The van der Waals surface area contributed by atoms with E-state index in [9.17, 15) is 4.79 Å². The Kier molecular flexibility index (Phi) is 6.51. The summed E-state index contributed by atoms with van der Waals surface area (Å²) in [6.45, 7) is 8.06. The molecular formula is C23H30N2O2. The third-order valence-corrected chi connectivity index (χ3v) is 5.24. The average Bonchev–Trinajstić information content (AvgIpc) is 2.68. The van der Waals surface area contributed by atoms with Crippen molar-refractivity contribution in [3.63, 3.8) is 0 Å². The number of benzene rings is 2. The summed E-state index contributed by atoms with van der Waals surface area (Å²) >= 11 is 0. The number of rotatable bonds is 7. The van der Waals surface area contributed by atoms with Crippen LogP contribution in [-0.2, 0) is 17.9 Å². The summed E-state index contributed by atoms with van der Waals surface area (Å²) in [6, 6.07) is 18.5. The number of amides is 1. The fourth-order valence-electron chi connectivity index (χ4n) is 3.73. The second-order valence-corrected chi connectivity index (χ2v) is 7.65. The third-order valence-electron chi connectivity index (χ3n) is 5.24. The molecule has 4 nitrogen and oxygen atoms in total.